The molecule has 1 saturated carbocycles. The van der Waals surface area contributed by atoms with Crippen molar-refractivity contribution in [2.24, 2.45) is 0 Å². The Morgan fingerprint density at radius 3 is 2.57 bits per heavy atom. The van der Waals surface area contributed by atoms with Crippen LogP contribution in [0.2, 0.25) is 0 Å². The van der Waals surface area contributed by atoms with Crippen LogP contribution >= 0.6 is 0 Å². The van der Waals surface area contributed by atoms with Gasteiger partial charge in [0.15, 0.2) is 0 Å². The van der Waals surface area contributed by atoms with Gasteiger partial charge in [-0.05, 0) is 49.9 Å². The minimum Gasteiger partial charge on any atom is -0.497 e. The summed E-state index contributed by atoms with van der Waals surface area (Å²) in [5, 5.41) is 0. The Bertz CT molecular complexity index is 316. The molecular weight excluding hydrogens is 176 g/mol. The molecule has 0 amide bonds. The Morgan fingerprint density at radius 1 is 1.29 bits per heavy atom. The molecule has 0 atom stereocenters. The van der Waals surface area contributed by atoms with E-state index in [9.17, 15) is 0 Å². The fourth-order valence-electron chi connectivity index (χ4n) is 1.55. The van der Waals surface area contributed by atoms with Gasteiger partial charge in [0.2, 0.25) is 0 Å². The van der Waals surface area contributed by atoms with Crippen molar-refractivity contribution < 1.29 is 9.47 Å². The highest BCUT2D eigenvalue weighted by Crippen LogP contribution is 2.29. The van der Waals surface area contributed by atoms with E-state index >= 15 is 0 Å². The van der Waals surface area contributed by atoms with Crippen LogP contribution in [0.5, 0.6) is 11.5 Å². The predicted octanol–water partition coefficient (Wildman–Crippen LogP) is 2.93. The van der Waals surface area contributed by atoms with Gasteiger partial charge in [-0.2, -0.15) is 0 Å². The number of hydrogen-bond donors (Lipinski definition) is 0. The highest BCUT2D eigenvalue weighted by molar-refractivity contribution is 5.39. The second-order valence-corrected chi connectivity index (χ2v) is 3.80. The third kappa shape index (κ3) is 1.84. The largest absolute Gasteiger partial charge is 0.497 e. The third-order valence-electron chi connectivity index (χ3n) is 2.73. The number of ether oxygens (including phenoxy) is 2. The lowest BCUT2D eigenvalue weighted by Gasteiger charge is -2.27. The summed E-state index contributed by atoms with van der Waals surface area (Å²) < 4.78 is 11.0. The number of aryl methyl sites for hydroxylation is 1. The van der Waals surface area contributed by atoms with E-state index < -0.39 is 0 Å². The summed E-state index contributed by atoms with van der Waals surface area (Å²) in [6.07, 6.45) is 4.15. The van der Waals surface area contributed by atoms with E-state index in [1.165, 1.54) is 19.3 Å². The van der Waals surface area contributed by atoms with Gasteiger partial charge in [0.1, 0.15) is 11.5 Å². The standard InChI is InChI=1S/C12H16O2/c1-9-8-11(13-2)6-7-12(9)14-10-4-3-5-10/h6-8,10H,3-5H2,1-2H3. The average molecular weight is 192 g/mol. The van der Waals surface area contributed by atoms with Gasteiger partial charge in [0, 0.05) is 0 Å². The first-order valence-corrected chi connectivity index (χ1v) is 5.11. The molecule has 1 fully saturated rings. The number of methoxy groups -OCH3 is 1. The predicted molar refractivity (Wildman–Crippen MR) is 56.0 cm³/mol. The van der Waals surface area contributed by atoms with Crippen molar-refractivity contribution in [3.8, 4) is 11.5 Å². The Kier molecular flexibility index (Phi) is 2.62. The zero-order valence-electron chi connectivity index (χ0n) is 8.75. The fourth-order valence-corrected chi connectivity index (χ4v) is 1.55. The molecule has 14 heavy (non-hydrogen) atoms. The van der Waals surface area contributed by atoms with E-state index in [1.807, 2.05) is 18.2 Å². The molecule has 0 N–H and O–H groups in total. The first-order valence-electron chi connectivity index (χ1n) is 5.11. The second kappa shape index (κ2) is 3.91. The molecule has 0 radical (unpaired) electrons. The molecule has 2 nitrogen and oxygen atoms in total. The highest BCUT2D eigenvalue weighted by atomic mass is 16.5. The summed E-state index contributed by atoms with van der Waals surface area (Å²) in [5.74, 6) is 1.89. The van der Waals surface area contributed by atoms with Gasteiger partial charge in [0.05, 0.1) is 13.2 Å². The molecule has 0 aromatic heterocycles. The van der Waals surface area contributed by atoms with Crippen LogP contribution in [0, 0.1) is 6.92 Å². The summed E-state index contributed by atoms with van der Waals surface area (Å²) in [4.78, 5) is 0. The van der Waals surface area contributed by atoms with Crippen LogP contribution in [0.25, 0.3) is 0 Å². The van der Waals surface area contributed by atoms with Crippen molar-refractivity contribution in [1.29, 1.82) is 0 Å². The van der Waals surface area contributed by atoms with E-state index in [2.05, 4.69) is 6.92 Å². The first-order chi connectivity index (χ1) is 6.79. The molecule has 0 saturated heterocycles. The monoisotopic (exact) mass is 192 g/mol. The summed E-state index contributed by atoms with van der Waals surface area (Å²) in [6, 6.07) is 5.95. The van der Waals surface area contributed by atoms with Gasteiger partial charge in [-0.25, -0.2) is 0 Å². The molecule has 0 heterocycles. The molecular formula is C12H16O2. The van der Waals surface area contributed by atoms with Crippen molar-refractivity contribution >= 4 is 0 Å². The van der Waals surface area contributed by atoms with Gasteiger partial charge in [-0.3, -0.25) is 0 Å². The second-order valence-electron chi connectivity index (χ2n) is 3.80. The van der Waals surface area contributed by atoms with Crippen molar-refractivity contribution in [3.63, 3.8) is 0 Å². The molecule has 0 unspecified atom stereocenters. The Labute approximate surface area is 84.8 Å². The summed E-state index contributed by atoms with van der Waals surface area (Å²) in [7, 11) is 1.68. The quantitative estimate of drug-likeness (QED) is 0.733. The minimum atomic E-state index is 0.446. The van der Waals surface area contributed by atoms with Crippen molar-refractivity contribution in [2.75, 3.05) is 7.11 Å². The SMILES string of the molecule is COc1ccc(OC2CCC2)c(C)c1. The van der Waals surface area contributed by atoms with Crippen molar-refractivity contribution in [2.45, 2.75) is 32.3 Å². The molecule has 2 rings (SSSR count). The Balaban J connectivity index is 2.09. The zero-order chi connectivity index (χ0) is 9.97. The van der Waals surface area contributed by atoms with Crippen LogP contribution < -0.4 is 9.47 Å². The number of rotatable bonds is 3. The molecule has 76 valence electrons. The molecule has 1 aliphatic carbocycles. The molecule has 1 aromatic carbocycles. The topological polar surface area (TPSA) is 18.5 Å². The van der Waals surface area contributed by atoms with E-state index in [-0.39, 0.29) is 0 Å². The highest BCUT2D eigenvalue weighted by Gasteiger charge is 2.19. The molecule has 0 aliphatic heterocycles. The molecule has 1 aromatic rings. The molecule has 0 spiro atoms. The fraction of sp³-hybridized carbons (Fsp3) is 0.500. The lowest BCUT2D eigenvalue weighted by molar-refractivity contribution is 0.119. The lowest BCUT2D eigenvalue weighted by Crippen LogP contribution is -2.24. The first kappa shape index (κ1) is 9.38. The maximum atomic E-state index is 5.83. The van der Waals surface area contributed by atoms with Crippen molar-refractivity contribution in [3.05, 3.63) is 23.8 Å². The molecule has 2 heteroatoms. The Morgan fingerprint density at radius 2 is 2.07 bits per heavy atom. The number of hydrogen-bond acceptors (Lipinski definition) is 2. The smallest absolute Gasteiger partial charge is 0.122 e. The lowest BCUT2D eigenvalue weighted by atomic mass is 9.96. The van der Waals surface area contributed by atoms with E-state index in [0.717, 1.165) is 17.1 Å². The van der Waals surface area contributed by atoms with Gasteiger partial charge >= 0.3 is 0 Å². The zero-order valence-corrected chi connectivity index (χ0v) is 8.75. The normalized spacial score (nSPS) is 16.1. The summed E-state index contributed by atoms with van der Waals surface area (Å²) in [6.45, 7) is 2.05. The van der Waals surface area contributed by atoms with Crippen LogP contribution in [0.15, 0.2) is 18.2 Å². The number of benzene rings is 1. The van der Waals surface area contributed by atoms with Crippen LogP contribution in [-0.4, -0.2) is 13.2 Å². The summed E-state index contributed by atoms with van der Waals surface area (Å²) >= 11 is 0. The van der Waals surface area contributed by atoms with Crippen LogP contribution in [-0.2, 0) is 0 Å². The van der Waals surface area contributed by atoms with E-state index in [0.29, 0.717) is 6.10 Å². The van der Waals surface area contributed by atoms with Gasteiger partial charge in [-0.1, -0.05) is 0 Å². The van der Waals surface area contributed by atoms with Crippen LogP contribution in [0.4, 0.5) is 0 Å². The minimum absolute atomic E-state index is 0.446. The third-order valence-corrected chi connectivity index (χ3v) is 2.73. The van der Waals surface area contributed by atoms with Crippen molar-refractivity contribution in [1.82, 2.24) is 0 Å². The van der Waals surface area contributed by atoms with Crippen LogP contribution in [0.3, 0.4) is 0 Å². The molecule has 0 bridgehead atoms. The van der Waals surface area contributed by atoms with Gasteiger partial charge in [-0.15, -0.1) is 0 Å². The van der Waals surface area contributed by atoms with Crippen LogP contribution in [0.1, 0.15) is 24.8 Å². The molecule has 1 aliphatic rings. The Hall–Kier alpha value is -1.18. The van der Waals surface area contributed by atoms with E-state index in [4.69, 9.17) is 9.47 Å². The van der Waals surface area contributed by atoms with Gasteiger partial charge < -0.3 is 9.47 Å². The average Bonchev–Trinajstić information content (AvgIpc) is 2.13. The maximum Gasteiger partial charge on any atom is 0.122 e. The van der Waals surface area contributed by atoms with Gasteiger partial charge in [0.25, 0.3) is 0 Å². The maximum absolute atomic E-state index is 5.83. The summed E-state index contributed by atoms with van der Waals surface area (Å²) in [5.41, 5.74) is 1.15. The van der Waals surface area contributed by atoms with E-state index in [1.54, 1.807) is 7.11 Å².